The average Bonchev–Trinajstić information content (AvgIpc) is 2.99. The summed E-state index contributed by atoms with van der Waals surface area (Å²) < 4.78 is 5.42. The Kier molecular flexibility index (Phi) is 2.57. The first kappa shape index (κ1) is 10.4. The Morgan fingerprint density at radius 1 is 1.41 bits per heavy atom. The van der Waals surface area contributed by atoms with Crippen LogP contribution in [0.2, 0.25) is 0 Å². The first-order chi connectivity index (χ1) is 8.34. The Balaban J connectivity index is 1.96. The summed E-state index contributed by atoms with van der Waals surface area (Å²) in [5.74, 6) is 1.13. The molecule has 1 saturated heterocycles. The maximum Gasteiger partial charge on any atom is 0.126 e. The van der Waals surface area contributed by atoms with Crippen molar-refractivity contribution in [2.75, 3.05) is 18.9 Å². The lowest BCUT2D eigenvalue weighted by Crippen LogP contribution is -1.97. The standard InChI is InChI=1S/C13H15N3O/c14-13-12(7-15-16-13)10-3-1-2-9(6-10)11-4-5-17-8-11/h1-3,6-7,11H,4-5,8H2,(H3,14,15,16). The van der Waals surface area contributed by atoms with E-state index in [1.165, 1.54) is 5.56 Å². The summed E-state index contributed by atoms with van der Waals surface area (Å²) in [6, 6.07) is 8.45. The molecule has 0 aliphatic carbocycles. The molecule has 0 spiro atoms. The van der Waals surface area contributed by atoms with E-state index >= 15 is 0 Å². The highest BCUT2D eigenvalue weighted by Gasteiger charge is 2.18. The van der Waals surface area contributed by atoms with Gasteiger partial charge in [0.05, 0.1) is 12.8 Å². The van der Waals surface area contributed by atoms with E-state index in [1.807, 2.05) is 0 Å². The molecule has 4 heteroatoms. The Bertz CT molecular complexity index is 515. The quantitative estimate of drug-likeness (QED) is 0.829. The van der Waals surface area contributed by atoms with E-state index < -0.39 is 0 Å². The molecule has 1 fully saturated rings. The molecule has 1 aromatic carbocycles. The summed E-state index contributed by atoms with van der Waals surface area (Å²) in [5, 5.41) is 6.71. The number of nitrogen functional groups attached to an aromatic ring is 1. The molecule has 1 unspecified atom stereocenters. The van der Waals surface area contributed by atoms with Crippen molar-refractivity contribution in [2.45, 2.75) is 12.3 Å². The SMILES string of the molecule is Nc1[nH]ncc1-c1cccc(C2CCOC2)c1. The minimum atomic E-state index is 0.517. The van der Waals surface area contributed by atoms with Crippen LogP contribution in [0.3, 0.4) is 0 Å². The van der Waals surface area contributed by atoms with Crippen LogP contribution in [-0.4, -0.2) is 23.4 Å². The van der Waals surface area contributed by atoms with Gasteiger partial charge in [-0.25, -0.2) is 0 Å². The van der Waals surface area contributed by atoms with E-state index in [4.69, 9.17) is 10.5 Å². The number of aromatic nitrogens is 2. The third kappa shape index (κ3) is 1.91. The fourth-order valence-electron chi connectivity index (χ4n) is 2.28. The summed E-state index contributed by atoms with van der Waals surface area (Å²) >= 11 is 0. The largest absolute Gasteiger partial charge is 0.384 e. The first-order valence-corrected chi connectivity index (χ1v) is 5.81. The predicted octanol–water partition coefficient (Wildman–Crippen LogP) is 2.16. The number of hydrogen-bond donors (Lipinski definition) is 2. The van der Waals surface area contributed by atoms with Gasteiger partial charge >= 0.3 is 0 Å². The van der Waals surface area contributed by atoms with Crippen LogP contribution in [0.1, 0.15) is 17.9 Å². The van der Waals surface area contributed by atoms with Gasteiger partial charge in [-0.15, -0.1) is 0 Å². The van der Waals surface area contributed by atoms with Crippen LogP contribution in [0.15, 0.2) is 30.5 Å². The van der Waals surface area contributed by atoms with Crippen LogP contribution in [-0.2, 0) is 4.74 Å². The zero-order valence-corrected chi connectivity index (χ0v) is 9.52. The maximum atomic E-state index is 5.83. The Labute approximate surface area is 99.8 Å². The molecular formula is C13H15N3O. The lowest BCUT2D eigenvalue weighted by atomic mass is 9.95. The van der Waals surface area contributed by atoms with Gasteiger partial charge in [0, 0.05) is 18.1 Å². The minimum absolute atomic E-state index is 0.517. The molecule has 2 aromatic rings. The highest BCUT2D eigenvalue weighted by atomic mass is 16.5. The molecule has 0 radical (unpaired) electrons. The van der Waals surface area contributed by atoms with Gasteiger partial charge < -0.3 is 10.5 Å². The average molecular weight is 229 g/mol. The van der Waals surface area contributed by atoms with Crippen molar-refractivity contribution in [1.29, 1.82) is 0 Å². The normalized spacial score (nSPS) is 19.6. The molecule has 3 N–H and O–H groups in total. The molecule has 4 nitrogen and oxygen atoms in total. The molecule has 1 aliphatic rings. The van der Waals surface area contributed by atoms with Gasteiger partial charge in [0.15, 0.2) is 0 Å². The van der Waals surface area contributed by atoms with E-state index in [9.17, 15) is 0 Å². The highest BCUT2D eigenvalue weighted by molar-refractivity contribution is 5.73. The van der Waals surface area contributed by atoms with Crippen molar-refractivity contribution in [1.82, 2.24) is 10.2 Å². The van der Waals surface area contributed by atoms with Crippen molar-refractivity contribution in [2.24, 2.45) is 0 Å². The lowest BCUT2D eigenvalue weighted by Gasteiger charge is -2.09. The molecule has 2 heterocycles. The zero-order valence-electron chi connectivity index (χ0n) is 9.52. The Morgan fingerprint density at radius 2 is 2.35 bits per heavy atom. The number of aromatic amines is 1. The van der Waals surface area contributed by atoms with Crippen LogP contribution >= 0.6 is 0 Å². The van der Waals surface area contributed by atoms with Crippen LogP contribution in [0, 0.1) is 0 Å². The number of nitrogens with zero attached hydrogens (tertiary/aromatic N) is 1. The van der Waals surface area contributed by atoms with Crippen molar-refractivity contribution >= 4 is 5.82 Å². The summed E-state index contributed by atoms with van der Waals surface area (Å²) in [6.45, 7) is 1.69. The van der Waals surface area contributed by atoms with Gasteiger partial charge in [-0.3, -0.25) is 5.10 Å². The maximum absolute atomic E-state index is 5.83. The number of anilines is 1. The second-order valence-corrected chi connectivity index (χ2v) is 4.38. The number of rotatable bonds is 2. The summed E-state index contributed by atoms with van der Waals surface area (Å²) in [4.78, 5) is 0. The van der Waals surface area contributed by atoms with Gasteiger partial charge in [-0.2, -0.15) is 5.10 Å². The fourth-order valence-corrected chi connectivity index (χ4v) is 2.28. The van der Waals surface area contributed by atoms with E-state index in [0.29, 0.717) is 11.7 Å². The molecule has 0 bridgehead atoms. The number of nitrogens with one attached hydrogen (secondary N) is 1. The number of H-pyrrole nitrogens is 1. The summed E-state index contributed by atoms with van der Waals surface area (Å²) in [6.07, 6.45) is 2.86. The molecule has 1 aromatic heterocycles. The van der Waals surface area contributed by atoms with E-state index in [2.05, 4.69) is 34.5 Å². The molecule has 0 amide bonds. The van der Waals surface area contributed by atoms with Gasteiger partial charge in [-0.05, 0) is 17.5 Å². The van der Waals surface area contributed by atoms with Crippen LogP contribution in [0.4, 0.5) is 5.82 Å². The van der Waals surface area contributed by atoms with Gasteiger partial charge in [0.1, 0.15) is 5.82 Å². The third-order valence-corrected chi connectivity index (χ3v) is 3.27. The van der Waals surface area contributed by atoms with Crippen LogP contribution in [0.5, 0.6) is 0 Å². The second-order valence-electron chi connectivity index (χ2n) is 4.38. The molecule has 1 atom stereocenters. The van der Waals surface area contributed by atoms with E-state index in [0.717, 1.165) is 30.8 Å². The number of ether oxygens (including phenoxy) is 1. The van der Waals surface area contributed by atoms with Crippen molar-refractivity contribution in [3.8, 4) is 11.1 Å². The summed E-state index contributed by atoms with van der Waals surface area (Å²) in [7, 11) is 0. The molecule has 0 saturated carbocycles. The topological polar surface area (TPSA) is 63.9 Å². The lowest BCUT2D eigenvalue weighted by molar-refractivity contribution is 0.194. The fraction of sp³-hybridized carbons (Fsp3) is 0.308. The minimum Gasteiger partial charge on any atom is -0.384 e. The zero-order chi connectivity index (χ0) is 11.7. The summed E-state index contributed by atoms with van der Waals surface area (Å²) in [5.41, 5.74) is 9.23. The third-order valence-electron chi connectivity index (χ3n) is 3.27. The molecule has 1 aliphatic heterocycles. The monoisotopic (exact) mass is 229 g/mol. The van der Waals surface area contributed by atoms with Crippen LogP contribution in [0.25, 0.3) is 11.1 Å². The number of nitrogens with two attached hydrogens (primary N) is 1. The van der Waals surface area contributed by atoms with Gasteiger partial charge in [0.2, 0.25) is 0 Å². The number of benzene rings is 1. The highest BCUT2D eigenvalue weighted by Crippen LogP contribution is 2.30. The van der Waals surface area contributed by atoms with Gasteiger partial charge in [-0.1, -0.05) is 24.3 Å². The Hall–Kier alpha value is -1.81. The number of hydrogen-bond acceptors (Lipinski definition) is 3. The van der Waals surface area contributed by atoms with Crippen molar-refractivity contribution < 1.29 is 4.74 Å². The molecule has 3 rings (SSSR count). The van der Waals surface area contributed by atoms with Gasteiger partial charge in [0.25, 0.3) is 0 Å². The van der Waals surface area contributed by atoms with E-state index in [-0.39, 0.29) is 0 Å². The Morgan fingerprint density at radius 3 is 3.06 bits per heavy atom. The molecule has 88 valence electrons. The molecule has 17 heavy (non-hydrogen) atoms. The van der Waals surface area contributed by atoms with E-state index in [1.54, 1.807) is 6.20 Å². The van der Waals surface area contributed by atoms with Crippen molar-refractivity contribution in [3.05, 3.63) is 36.0 Å². The van der Waals surface area contributed by atoms with Crippen LogP contribution < -0.4 is 5.73 Å². The second kappa shape index (κ2) is 4.22. The molecular weight excluding hydrogens is 214 g/mol. The first-order valence-electron chi connectivity index (χ1n) is 5.81. The predicted molar refractivity (Wildman–Crippen MR) is 66.6 cm³/mol. The smallest absolute Gasteiger partial charge is 0.126 e. The van der Waals surface area contributed by atoms with Crippen molar-refractivity contribution in [3.63, 3.8) is 0 Å².